The van der Waals surface area contributed by atoms with E-state index in [0.29, 0.717) is 24.3 Å². The number of benzene rings is 1. The Kier molecular flexibility index (Phi) is 15.3. The van der Waals surface area contributed by atoms with Crippen molar-refractivity contribution in [3.8, 4) is 11.3 Å². The van der Waals surface area contributed by atoms with Gasteiger partial charge >= 0.3 is 12.1 Å². The van der Waals surface area contributed by atoms with E-state index in [2.05, 4.69) is 10.3 Å². The number of cyclic esters (lactones) is 1. The summed E-state index contributed by atoms with van der Waals surface area (Å²) in [6, 6.07) is 6.02. The molecule has 0 spiro atoms. The SMILES string of the molecule is CCO[C@@H](O[C@@H]1[C@@H](C)C(=O)[C@](C)(F)C(=O)O[C@H](CC)[C@@]2(C)OC(=O)N(CC3CC3Cn3cc(-c4cccc(N)c4)nn3)[C@@H]2[C@@H](C)C(=O)[C@H](C)C[C@@]1(C)OC)C(O)C(CC)N(C)C. The van der Waals surface area contributed by atoms with Crippen LogP contribution in [0, 0.1) is 29.6 Å². The number of amides is 1. The van der Waals surface area contributed by atoms with Gasteiger partial charge in [0.25, 0.3) is 5.67 Å². The molecule has 3 aliphatic rings. The zero-order valence-electron chi connectivity index (χ0n) is 38.5. The van der Waals surface area contributed by atoms with E-state index >= 15 is 4.39 Å². The maximum Gasteiger partial charge on any atom is 0.410 e. The average molecular weight is 873 g/mol. The third kappa shape index (κ3) is 9.86. The van der Waals surface area contributed by atoms with Gasteiger partial charge in [-0.2, -0.15) is 0 Å². The summed E-state index contributed by atoms with van der Waals surface area (Å²) in [6.07, 6.45) is -2.56. The predicted octanol–water partition coefficient (Wildman–Crippen LogP) is 5.10. The number of Topliss-reactive ketones (excluding diaryl/α,β-unsaturated/α-hetero) is 2. The number of aliphatic hydroxyl groups is 1. The number of ketones is 2. The fourth-order valence-electron chi connectivity index (χ4n) is 9.96. The van der Waals surface area contributed by atoms with E-state index in [-0.39, 0.29) is 43.6 Å². The van der Waals surface area contributed by atoms with E-state index in [0.717, 1.165) is 18.9 Å². The van der Waals surface area contributed by atoms with Crippen molar-refractivity contribution in [3.63, 3.8) is 0 Å². The molecule has 2 aromatic rings. The monoisotopic (exact) mass is 873 g/mol. The number of nitrogen functional groups attached to an aromatic ring is 1. The van der Waals surface area contributed by atoms with Crippen LogP contribution in [-0.4, -0.2) is 141 Å². The molecule has 0 bridgehead atoms. The first-order valence-electron chi connectivity index (χ1n) is 22.0. The molecule has 14 atom stereocenters. The summed E-state index contributed by atoms with van der Waals surface area (Å²) in [5.74, 6) is -5.70. The first-order valence-corrected chi connectivity index (χ1v) is 22.0. The van der Waals surface area contributed by atoms with Crippen LogP contribution in [0.25, 0.3) is 11.3 Å². The summed E-state index contributed by atoms with van der Waals surface area (Å²) in [5.41, 5.74) is 1.83. The van der Waals surface area contributed by atoms with Crippen molar-refractivity contribution < 1.29 is 52.4 Å². The van der Waals surface area contributed by atoms with Gasteiger partial charge in [-0.05, 0) is 91.4 Å². The van der Waals surface area contributed by atoms with E-state index in [1.807, 2.05) is 36.2 Å². The molecule has 5 rings (SSSR count). The molecular weight excluding hydrogens is 804 g/mol. The van der Waals surface area contributed by atoms with Crippen LogP contribution in [0.2, 0.25) is 0 Å². The van der Waals surface area contributed by atoms with E-state index in [4.69, 9.17) is 29.4 Å². The zero-order chi connectivity index (χ0) is 46.1. The van der Waals surface area contributed by atoms with Crippen molar-refractivity contribution in [3.05, 3.63) is 30.5 Å². The summed E-state index contributed by atoms with van der Waals surface area (Å²) in [5, 5.41) is 20.2. The lowest BCUT2D eigenvalue weighted by Gasteiger charge is -2.45. The molecule has 4 unspecified atom stereocenters. The fourth-order valence-corrected chi connectivity index (χ4v) is 9.96. The number of carbonyl (C=O) groups is 4. The molecule has 2 saturated heterocycles. The summed E-state index contributed by atoms with van der Waals surface area (Å²) in [7, 11) is 5.02. The third-order valence-corrected chi connectivity index (χ3v) is 13.6. The van der Waals surface area contributed by atoms with Gasteiger partial charge in [-0.3, -0.25) is 14.3 Å². The molecule has 1 aromatic heterocycles. The Balaban J connectivity index is 1.48. The molecule has 0 radical (unpaired) electrons. The van der Waals surface area contributed by atoms with Crippen molar-refractivity contribution in [2.75, 3.05) is 40.1 Å². The van der Waals surface area contributed by atoms with E-state index < -0.39 is 89.2 Å². The Hall–Kier alpha value is -4.03. The maximum absolute atomic E-state index is 17.0. The van der Waals surface area contributed by atoms with Gasteiger partial charge in [0.1, 0.15) is 23.7 Å². The van der Waals surface area contributed by atoms with Crippen molar-refractivity contribution in [1.82, 2.24) is 24.8 Å². The molecule has 1 amide bonds. The number of methoxy groups -OCH3 is 1. The number of alkyl halides is 1. The number of halogens is 1. The summed E-state index contributed by atoms with van der Waals surface area (Å²) in [4.78, 5) is 60.6. The molecular formula is C45H69FN6O10. The minimum atomic E-state index is -3.20. The van der Waals surface area contributed by atoms with Crippen LogP contribution < -0.4 is 5.73 Å². The number of likely N-dealkylation sites (N-methyl/N-ethyl adjacent to an activating group) is 1. The fraction of sp³-hybridized carbons (Fsp3) is 0.733. The summed E-state index contributed by atoms with van der Waals surface area (Å²) in [6.45, 7) is 15.2. The standard InChI is InChI=1S/C45H69FN6O10/c1-13-33(50(10)11)36(54)40(59-15-3)61-39-27(6)38(55)44(8,46)41(56)60-34(14-2)45(9)37(26(5)35(53)25(4)21-43(39,7)58-12)52(42(57)62-45)23-30-19-29(30)22-51-24-32(48-49-51)28-17-16-18-31(47)20-28/h16-18,20,24-27,29-30,33-34,36-37,39-40,54H,13-15,19,21-23,47H2,1-12H3/t25-,26+,27+,29?,30?,33?,34-,36?,37-,39-,40+,43-,44+,45-/m1/s1. The molecule has 1 aromatic carbocycles. The normalized spacial score (nSPS) is 34.9. The largest absolute Gasteiger partial charge is 0.455 e. The van der Waals surface area contributed by atoms with Crippen molar-refractivity contribution in [2.45, 2.75) is 148 Å². The molecule has 3 heterocycles. The number of anilines is 1. The van der Waals surface area contributed by atoms with Gasteiger partial charge in [0.05, 0.1) is 23.9 Å². The van der Waals surface area contributed by atoms with Gasteiger partial charge in [0, 0.05) is 61.9 Å². The van der Waals surface area contributed by atoms with E-state index in [1.54, 1.807) is 71.3 Å². The van der Waals surface area contributed by atoms with E-state index in [1.165, 1.54) is 14.0 Å². The Labute approximate surface area is 365 Å². The van der Waals surface area contributed by atoms with Crippen molar-refractivity contribution in [1.29, 1.82) is 0 Å². The molecule has 62 heavy (non-hydrogen) atoms. The first kappa shape index (κ1) is 49.0. The molecule has 3 fully saturated rings. The van der Waals surface area contributed by atoms with Gasteiger partial charge in [0.15, 0.2) is 17.7 Å². The van der Waals surface area contributed by atoms with Crippen LogP contribution in [0.4, 0.5) is 14.9 Å². The zero-order valence-corrected chi connectivity index (χ0v) is 38.5. The van der Waals surface area contributed by atoms with Crippen LogP contribution in [0.3, 0.4) is 0 Å². The lowest BCUT2D eigenvalue weighted by molar-refractivity contribution is -0.266. The topological polar surface area (TPSA) is 198 Å². The first-order chi connectivity index (χ1) is 29.1. The number of carbonyl (C=O) groups excluding carboxylic acids is 4. The second-order valence-electron chi connectivity index (χ2n) is 18.4. The van der Waals surface area contributed by atoms with Crippen molar-refractivity contribution in [2.24, 2.45) is 29.6 Å². The highest BCUT2D eigenvalue weighted by atomic mass is 19.1. The number of rotatable bonds is 15. The number of ether oxygens (including phenoxy) is 5. The molecule has 16 nitrogen and oxygen atoms in total. The van der Waals surface area contributed by atoms with Gasteiger partial charge in [0.2, 0.25) is 0 Å². The number of esters is 1. The second-order valence-corrected chi connectivity index (χ2v) is 18.4. The quantitative estimate of drug-likeness (QED) is 0.104. The van der Waals surface area contributed by atoms with E-state index in [9.17, 15) is 24.3 Å². The highest BCUT2D eigenvalue weighted by molar-refractivity contribution is 6.08. The van der Waals surface area contributed by atoms with Gasteiger partial charge in [-0.15, -0.1) is 5.10 Å². The van der Waals surface area contributed by atoms with Crippen LogP contribution in [0.15, 0.2) is 30.5 Å². The van der Waals surface area contributed by atoms with Gasteiger partial charge in [-0.1, -0.05) is 52.0 Å². The van der Waals surface area contributed by atoms with Crippen LogP contribution in [0.5, 0.6) is 0 Å². The Bertz CT molecular complexity index is 1910. The molecule has 1 aliphatic carbocycles. The number of aromatic nitrogens is 3. The smallest absolute Gasteiger partial charge is 0.410 e. The molecule has 346 valence electrons. The van der Waals surface area contributed by atoms with Crippen LogP contribution in [-0.2, 0) is 44.6 Å². The number of aliphatic hydroxyl groups excluding tert-OH is 1. The lowest BCUT2D eigenvalue weighted by atomic mass is 9.73. The third-order valence-electron chi connectivity index (χ3n) is 13.6. The molecule has 17 heteroatoms. The summed E-state index contributed by atoms with van der Waals surface area (Å²) >= 11 is 0. The van der Waals surface area contributed by atoms with Gasteiger partial charge < -0.3 is 44.3 Å². The number of nitrogens with two attached hydrogens (primary N) is 1. The highest BCUT2D eigenvalue weighted by Gasteiger charge is 2.62. The van der Waals surface area contributed by atoms with Crippen LogP contribution >= 0.6 is 0 Å². The maximum atomic E-state index is 17.0. The number of hydrogen-bond acceptors (Lipinski definition) is 14. The Morgan fingerprint density at radius 1 is 1.05 bits per heavy atom. The Morgan fingerprint density at radius 3 is 2.32 bits per heavy atom. The second kappa shape index (κ2) is 19.4. The predicted molar refractivity (Wildman–Crippen MR) is 228 cm³/mol. The molecule has 2 aliphatic heterocycles. The number of nitrogens with zero attached hydrogens (tertiary/aromatic N) is 5. The minimum absolute atomic E-state index is 0.0160. The Morgan fingerprint density at radius 2 is 1.73 bits per heavy atom. The lowest BCUT2D eigenvalue weighted by Crippen LogP contribution is -2.61. The molecule has 3 N–H and O–H groups in total. The van der Waals surface area contributed by atoms with Gasteiger partial charge in [-0.25, -0.2) is 14.0 Å². The van der Waals surface area contributed by atoms with Crippen molar-refractivity contribution >= 4 is 29.3 Å². The average Bonchev–Trinajstić information content (AvgIpc) is 3.66. The molecule has 1 saturated carbocycles. The van der Waals surface area contributed by atoms with Crippen LogP contribution in [0.1, 0.15) is 88.0 Å². The number of hydrogen-bond donors (Lipinski definition) is 2. The highest BCUT2D eigenvalue weighted by Crippen LogP contribution is 2.47. The number of fused-ring (bicyclic) bond motifs is 1. The summed E-state index contributed by atoms with van der Waals surface area (Å²) < 4.78 is 49.4. The minimum Gasteiger partial charge on any atom is -0.455 e.